The third-order valence-electron chi connectivity index (χ3n) is 5.05. The smallest absolute Gasteiger partial charge is 0.416 e. The molecular weight excluding hydrogens is 497 g/mol. The van der Waals surface area contributed by atoms with Crippen molar-refractivity contribution in [2.45, 2.75) is 19.1 Å². The van der Waals surface area contributed by atoms with Crippen molar-refractivity contribution in [3.63, 3.8) is 0 Å². The van der Waals surface area contributed by atoms with Gasteiger partial charge in [0.2, 0.25) is 0 Å². The quantitative estimate of drug-likeness (QED) is 0.304. The third kappa shape index (κ3) is 5.34. The molecule has 1 unspecified atom stereocenters. The van der Waals surface area contributed by atoms with Gasteiger partial charge in [0.15, 0.2) is 0 Å². The van der Waals surface area contributed by atoms with E-state index >= 15 is 0 Å². The number of benzene rings is 3. The topological polar surface area (TPSA) is 51.2 Å². The molecule has 4 rings (SSSR count). The van der Waals surface area contributed by atoms with E-state index in [1.165, 1.54) is 12.1 Å². The number of hydrogen-bond donors (Lipinski definition) is 1. The first-order valence-electron chi connectivity index (χ1n) is 10.0. The minimum atomic E-state index is -4.40. The number of fused-ring (bicyclic) bond motifs is 1. The molecule has 4 nitrogen and oxygen atoms in total. The van der Waals surface area contributed by atoms with E-state index in [4.69, 9.17) is 4.74 Å². The standard InChI is InChI=1S/C25H18BrF3N2O2/c1-15(22-14-19(26)11-12-30-22)31-24(32)17-5-10-21-16(13-17)3-2-4-23(21)33-20-8-6-18(7-9-20)25(27,28)29/h2-15H,1H3,(H,31,32). The summed E-state index contributed by atoms with van der Waals surface area (Å²) in [4.78, 5) is 17.1. The van der Waals surface area contributed by atoms with Gasteiger partial charge in [-0.25, -0.2) is 0 Å². The van der Waals surface area contributed by atoms with Crippen LogP contribution in [0.25, 0.3) is 10.8 Å². The van der Waals surface area contributed by atoms with Crippen LogP contribution in [0, 0.1) is 0 Å². The first kappa shape index (κ1) is 22.8. The van der Waals surface area contributed by atoms with Gasteiger partial charge in [-0.1, -0.05) is 28.1 Å². The molecule has 0 aliphatic rings. The second kappa shape index (κ2) is 9.23. The number of carbonyl (C=O) groups is 1. The fourth-order valence-electron chi connectivity index (χ4n) is 3.34. The summed E-state index contributed by atoms with van der Waals surface area (Å²) < 4.78 is 45.0. The van der Waals surface area contributed by atoms with Crippen molar-refractivity contribution in [3.8, 4) is 11.5 Å². The Labute approximate surface area is 196 Å². The van der Waals surface area contributed by atoms with Gasteiger partial charge >= 0.3 is 6.18 Å². The average Bonchev–Trinajstić information content (AvgIpc) is 2.78. The summed E-state index contributed by atoms with van der Waals surface area (Å²) in [6.07, 6.45) is -2.74. The maximum absolute atomic E-state index is 12.8. The normalized spacial score (nSPS) is 12.4. The van der Waals surface area contributed by atoms with Gasteiger partial charge in [0.05, 0.1) is 17.3 Å². The summed E-state index contributed by atoms with van der Waals surface area (Å²) in [6.45, 7) is 1.85. The Balaban J connectivity index is 1.53. The summed E-state index contributed by atoms with van der Waals surface area (Å²) in [5.74, 6) is 0.513. The van der Waals surface area contributed by atoms with Crippen molar-refractivity contribution in [2.75, 3.05) is 0 Å². The summed E-state index contributed by atoms with van der Waals surface area (Å²) in [5, 5.41) is 4.43. The highest BCUT2D eigenvalue weighted by Gasteiger charge is 2.30. The van der Waals surface area contributed by atoms with Crippen LogP contribution in [0.1, 0.15) is 34.6 Å². The minimum Gasteiger partial charge on any atom is -0.457 e. The number of rotatable bonds is 5. The van der Waals surface area contributed by atoms with E-state index < -0.39 is 11.7 Å². The lowest BCUT2D eigenvalue weighted by atomic mass is 10.1. The molecule has 1 amide bonds. The molecule has 0 saturated heterocycles. The highest BCUT2D eigenvalue weighted by atomic mass is 79.9. The van der Waals surface area contributed by atoms with Crippen LogP contribution in [0.2, 0.25) is 0 Å². The number of alkyl halides is 3. The molecule has 0 aliphatic heterocycles. The first-order valence-corrected chi connectivity index (χ1v) is 10.8. The maximum Gasteiger partial charge on any atom is 0.416 e. The Morgan fingerprint density at radius 2 is 1.79 bits per heavy atom. The molecule has 33 heavy (non-hydrogen) atoms. The van der Waals surface area contributed by atoms with Crippen LogP contribution in [0.3, 0.4) is 0 Å². The molecule has 0 bridgehead atoms. The van der Waals surface area contributed by atoms with Crippen LogP contribution in [-0.4, -0.2) is 10.9 Å². The highest BCUT2D eigenvalue weighted by molar-refractivity contribution is 9.10. The number of nitrogens with zero attached hydrogens (tertiary/aromatic N) is 1. The number of amides is 1. The van der Waals surface area contributed by atoms with Crippen LogP contribution in [0.4, 0.5) is 13.2 Å². The molecule has 0 radical (unpaired) electrons. The van der Waals surface area contributed by atoms with Gasteiger partial charge in [-0.2, -0.15) is 13.2 Å². The predicted octanol–water partition coefficient (Wildman–Crippen LogP) is 7.30. The van der Waals surface area contributed by atoms with Crippen molar-refractivity contribution in [1.82, 2.24) is 10.3 Å². The van der Waals surface area contributed by atoms with Crippen molar-refractivity contribution >= 4 is 32.6 Å². The van der Waals surface area contributed by atoms with E-state index in [0.29, 0.717) is 11.3 Å². The molecule has 3 aromatic carbocycles. The van der Waals surface area contributed by atoms with Gasteiger partial charge in [0, 0.05) is 21.6 Å². The molecule has 0 spiro atoms. The number of halogens is 4. The summed E-state index contributed by atoms with van der Waals surface area (Å²) in [5.41, 5.74) is 0.456. The molecule has 0 saturated carbocycles. The van der Waals surface area contributed by atoms with E-state index in [9.17, 15) is 18.0 Å². The molecule has 4 aromatic rings. The van der Waals surface area contributed by atoms with Crippen LogP contribution in [-0.2, 0) is 6.18 Å². The predicted molar refractivity (Wildman–Crippen MR) is 123 cm³/mol. The molecular formula is C25H18BrF3N2O2. The van der Waals surface area contributed by atoms with Gasteiger partial charge in [-0.15, -0.1) is 0 Å². The number of ether oxygens (including phenoxy) is 1. The lowest BCUT2D eigenvalue weighted by molar-refractivity contribution is -0.137. The number of carbonyl (C=O) groups excluding carboxylic acids is 1. The third-order valence-corrected chi connectivity index (χ3v) is 5.54. The van der Waals surface area contributed by atoms with E-state index in [0.717, 1.165) is 33.1 Å². The Morgan fingerprint density at radius 1 is 1.03 bits per heavy atom. The Morgan fingerprint density at radius 3 is 2.48 bits per heavy atom. The molecule has 168 valence electrons. The number of aromatic nitrogens is 1. The minimum absolute atomic E-state index is 0.250. The fourth-order valence-corrected chi connectivity index (χ4v) is 3.69. The zero-order valence-electron chi connectivity index (χ0n) is 17.4. The average molecular weight is 515 g/mol. The largest absolute Gasteiger partial charge is 0.457 e. The van der Waals surface area contributed by atoms with Crippen LogP contribution < -0.4 is 10.1 Å². The molecule has 1 heterocycles. The summed E-state index contributed by atoms with van der Waals surface area (Å²) in [6, 6.07) is 18.4. The highest BCUT2D eigenvalue weighted by Crippen LogP contribution is 2.34. The fraction of sp³-hybridized carbons (Fsp3) is 0.120. The van der Waals surface area contributed by atoms with Crippen molar-refractivity contribution in [1.29, 1.82) is 0 Å². The van der Waals surface area contributed by atoms with E-state index in [1.807, 2.05) is 25.1 Å². The lowest BCUT2D eigenvalue weighted by Crippen LogP contribution is -2.27. The van der Waals surface area contributed by atoms with Crippen molar-refractivity contribution < 1.29 is 22.7 Å². The Kier molecular flexibility index (Phi) is 6.37. The second-order valence-electron chi connectivity index (χ2n) is 7.41. The summed E-state index contributed by atoms with van der Waals surface area (Å²) in [7, 11) is 0. The van der Waals surface area contributed by atoms with Gasteiger partial charge < -0.3 is 10.1 Å². The molecule has 1 atom stereocenters. The van der Waals surface area contributed by atoms with Crippen LogP contribution in [0.15, 0.2) is 83.5 Å². The zero-order valence-corrected chi connectivity index (χ0v) is 18.9. The molecule has 0 fully saturated rings. The number of hydrogen-bond acceptors (Lipinski definition) is 3. The van der Waals surface area contributed by atoms with E-state index in [2.05, 4.69) is 26.2 Å². The van der Waals surface area contributed by atoms with E-state index in [-0.39, 0.29) is 17.7 Å². The van der Waals surface area contributed by atoms with Gasteiger partial charge in [-0.05, 0) is 73.0 Å². The van der Waals surface area contributed by atoms with Crippen molar-refractivity contribution in [3.05, 3.63) is 100 Å². The van der Waals surface area contributed by atoms with Crippen LogP contribution in [0.5, 0.6) is 11.5 Å². The monoisotopic (exact) mass is 514 g/mol. The lowest BCUT2D eigenvalue weighted by Gasteiger charge is -2.15. The number of nitrogens with one attached hydrogen (secondary N) is 1. The zero-order chi connectivity index (χ0) is 23.6. The van der Waals surface area contributed by atoms with Gasteiger partial charge in [0.25, 0.3) is 5.91 Å². The van der Waals surface area contributed by atoms with E-state index in [1.54, 1.807) is 36.5 Å². The molecule has 0 aliphatic carbocycles. The number of pyridine rings is 1. The van der Waals surface area contributed by atoms with Crippen molar-refractivity contribution in [2.24, 2.45) is 0 Å². The Bertz CT molecular complexity index is 1310. The van der Waals surface area contributed by atoms with Gasteiger partial charge in [0.1, 0.15) is 11.5 Å². The van der Waals surface area contributed by atoms with Gasteiger partial charge in [-0.3, -0.25) is 9.78 Å². The SMILES string of the molecule is CC(NC(=O)c1ccc2c(Oc3ccc(C(F)(F)F)cc3)cccc2c1)c1cc(Br)ccn1. The molecule has 8 heteroatoms. The first-order chi connectivity index (χ1) is 15.7. The molecule has 1 N–H and O–H groups in total. The van der Waals surface area contributed by atoms with Crippen LogP contribution >= 0.6 is 15.9 Å². The molecule has 1 aromatic heterocycles. The second-order valence-corrected chi connectivity index (χ2v) is 8.33. The Hall–Kier alpha value is -3.39. The summed E-state index contributed by atoms with van der Waals surface area (Å²) >= 11 is 3.40. The maximum atomic E-state index is 12.8.